The van der Waals surface area contributed by atoms with Crippen LogP contribution in [-0.2, 0) is 20.9 Å². The van der Waals surface area contributed by atoms with Gasteiger partial charge in [0.15, 0.2) is 0 Å². The standard InChI is InChI=1S/C9H12NO4PS/c1-7-6-8(4-5-9(7)10-11)14-15(16,12-2)13-3/h4-6H,1-3H3. The van der Waals surface area contributed by atoms with Crippen LogP contribution in [0.4, 0.5) is 5.69 Å². The van der Waals surface area contributed by atoms with Gasteiger partial charge in [-0.3, -0.25) is 0 Å². The second kappa shape index (κ2) is 5.50. The number of aryl methyl sites for hydroxylation is 1. The monoisotopic (exact) mass is 261 g/mol. The molecule has 1 rings (SSSR count). The molecule has 88 valence electrons. The molecule has 0 N–H and O–H groups in total. The first-order valence-electron chi connectivity index (χ1n) is 4.40. The summed E-state index contributed by atoms with van der Waals surface area (Å²) in [5, 5.41) is 2.86. The van der Waals surface area contributed by atoms with Crippen LogP contribution in [0.3, 0.4) is 0 Å². The molecule has 16 heavy (non-hydrogen) atoms. The molecule has 0 spiro atoms. The third kappa shape index (κ3) is 3.09. The highest BCUT2D eigenvalue weighted by Crippen LogP contribution is 2.48. The molecule has 0 unspecified atom stereocenters. The van der Waals surface area contributed by atoms with Crippen molar-refractivity contribution in [1.82, 2.24) is 0 Å². The van der Waals surface area contributed by atoms with Gasteiger partial charge >= 0.3 is 6.72 Å². The van der Waals surface area contributed by atoms with Gasteiger partial charge in [-0.15, -0.1) is 4.91 Å². The van der Waals surface area contributed by atoms with E-state index in [0.717, 1.165) is 0 Å². The molecule has 0 fully saturated rings. The fourth-order valence-electron chi connectivity index (χ4n) is 1.07. The maximum atomic E-state index is 10.4. The van der Waals surface area contributed by atoms with E-state index in [4.69, 9.17) is 25.4 Å². The second-order valence-electron chi connectivity index (χ2n) is 2.94. The molecule has 0 aromatic heterocycles. The maximum Gasteiger partial charge on any atom is 0.380 e. The number of nitrogens with zero attached hydrogens (tertiary/aromatic N) is 1. The topological polar surface area (TPSA) is 57.1 Å². The van der Waals surface area contributed by atoms with E-state index in [1.807, 2.05) is 0 Å². The summed E-state index contributed by atoms with van der Waals surface area (Å²) in [4.78, 5) is 10.4. The van der Waals surface area contributed by atoms with Crippen LogP contribution in [0.25, 0.3) is 0 Å². The third-order valence-corrected chi connectivity index (χ3v) is 4.38. The fraction of sp³-hybridized carbons (Fsp3) is 0.333. The molecule has 0 aliphatic carbocycles. The summed E-state index contributed by atoms with van der Waals surface area (Å²) >= 11 is 5.05. The summed E-state index contributed by atoms with van der Waals surface area (Å²) in [6.07, 6.45) is 0. The molecule has 0 atom stereocenters. The Bertz CT molecular complexity index is 430. The highest BCUT2D eigenvalue weighted by Gasteiger charge is 2.18. The van der Waals surface area contributed by atoms with Crippen LogP contribution in [-0.4, -0.2) is 14.2 Å². The lowest BCUT2D eigenvalue weighted by atomic mass is 10.2. The van der Waals surface area contributed by atoms with E-state index in [2.05, 4.69) is 5.18 Å². The Balaban J connectivity index is 2.95. The molecule has 0 radical (unpaired) electrons. The molecule has 5 nitrogen and oxygen atoms in total. The summed E-state index contributed by atoms with van der Waals surface area (Å²) in [7, 11) is 2.86. The van der Waals surface area contributed by atoms with E-state index in [1.165, 1.54) is 14.2 Å². The van der Waals surface area contributed by atoms with Gasteiger partial charge in [-0.25, -0.2) is 0 Å². The van der Waals surface area contributed by atoms with Crippen LogP contribution in [0.15, 0.2) is 23.4 Å². The van der Waals surface area contributed by atoms with Crippen molar-refractivity contribution < 1.29 is 13.6 Å². The maximum absolute atomic E-state index is 10.4. The van der Waals surface area contributed by atoms with Gasteiger partial charge in [0, 0.05) is 26.0 Å². The van der Waals surface area contributed by atoms with Gasteiger partial charge in [-0.05, 0) is 35.9 Å². The Kier molecular flexibility index (Phi) is 4.56. The number of hydrogen-bond acceptors (Lipinski definition) is 6. The van der Waals surface area contributed by atoms with Crippen molar-refractivity contribution in [2.24, 2.45) is 5.18 Å². The van der Waals surface area contributed by atoms with Gasteiger partial charge < -0.3 is 13.6 Å². The van der Waals surface area contributed by atoms with Crippen LogP contribution in [0, 0.1) is 11.8 Å². The van der Waals surface area contributed by atoms with E-state index in [0.29, 0.717) is 17.0 Å². The Morgan fingerprint density at radius 3 is 2.38 bits per heavy atom. The zero-order chi connectivity index (χ0) is 12.2. The minimum atomic E-state index is -2.72. The van der Waals surface area contributed by atoms with E-state index < -0.39 is 6.72 Å². The van der Waals surface area contributed by atoms with Crippen molar-refractivity contribution in [2.45, 2.75) is 6.92 Å². The summed E-state index contributed by atoms with van der Waals surface area (Å²) in [5.41, 5.74) is 1.08. The van der Waals surface area contributed by atoms with E-state index in [9.17, 15) is 4.91 Å². The van der Waals surface area contributed by atoms with Gasteiger partial charge in [-0.2, -0.15) is 0 Å². The quantitative estimate of drug-likeness (QED) is 0.601. The molecule has 1 aromatic rings. The van der Waals surface area contributed by atoms with Crippen LogP contribution < -0.4 is 4.52 Å². The van der Waals surface area contributed by atoms with Gasteiger partial charge in [0.05, 0.1) is 0 Å². The molecule has 7 heteroatoms. The zero-order valence-electron chi connectivity index (χ0n) is 9.17. The smallest absolute Gasteiger partial charge is 0.380 e. The molecule has 0 aliphatic rings. The third-order valence-electron chi connectivity index (χ3n) is 1.93. The van der Waals surface area contributed by atoms with Crippen LogP contribution >= 0.6 is 6.72 Å². The first kappa shape index (κ1) is 13.3. The molecular weight excluding hydrogens is 249 g/mol. The summed E-state index contributed by atoms with van der Waals surface area (Å²) in [5.74, 6) is 0.497. The number of nitroso groups, excluding NO2 is 1. The lowest BCUT2D eigenvalue weighted by Crippen LogP contribution is -1.96. The van der Waals surface area contributed by atoms with Crippen molar-refractivity contribution in [1.29, 1.82) is 0 Å². The average Bonchev–Trinajstić information content (AvgIpc) is 2.29. The highest BCUT2D eigenvalue weighted by molar-refractivity contribution is 8.07. The minimum Gasteiger partial charge on any atom is -0.424 e. The van der Waals surface area contributed by atoms with E-state index in [1.54, 1.807) is 25.1 Å². The Morgan fingerprint density at radius 1 is 1.31 bits per heavy atom. The largest absolute Gasteiger partial charge is 0.424 e. The van der Waals surface area contributed by atoms with Crippen molar-refractivity contribution in [3.05, 3.63) is 28.7 Å². The highest BCUT2D eigenvalue weighted by atomic mass is 32.5. The van der Waals surface area contributed by atoms with Crippen LogP contribution in [0.2, 0.25) is 0 Å². The van der Waals surface area contributed by atoms with Crippen molar-refractivity contribution >= 4 is 24.2 Å². The molecule has 0 heterocycles. The normalized spacial score (nSPS) is 11.2. The Hall–Kier alpha value is -0.810. The molecular formula is C9H12NO4PS. The lowest BCUT2D eigenvalue weighted by molar-refractivity contribution is 0.273. The predicted octanol–water partition coefficient (Wildman–Crippen LogP) is 3.29. The average molecular weight is 261 g/mol. The Labute approximate surface area is 98.9 Å². The first-order chi connectivity index (χ1) is 7.54. The van der Waals surface area contributed by atoms with E-state index in [-0.39, 0.29) is 0 Å². The second-order valence-corrected chi connectivity index (χ2v) is 6.09. The van der Waals surface area contributed by atoms with Crippen molar-refractivity contribution in [3.63, 3.8) is 0 Å². The number of hydrogen-bond donors (Lipinski definition) is 0. The predicted molar refractivity (Wildman–Crippen MR) is 65.6 cm³/mol. The van der Waals surface area contributed by atoms with Crippen LogP contribution in [0.1, 0.15) is 5.56 Å². The van der Waals surface area contributed by atoms with Crippen LogP contribution in [0.5, 0.6) is 5.75 Å². The fourth-order valence-corrected chi connectivity index (χ4v) is 1.99. The summed E-state index contributed by atoms with van der Waals surface area (Å²) in [6, 6.07) is 4.82. The number of benzene rings is 1. The van der Waals surface area contributed by atoms with Crippen molar-refractivity contribution in [2.75, 3.05) is 14.2 Å². The van der Waals surface area contributed by atoms with Crippen molar-refractivity contribution in [3.8, 4) is 5.75 Å². The molecule has 0 saturated heterocycles. The Morgan fingerprint density at radius 2 is 1.94 bits per heavy atom. The summed E-state index contributed by atoms with van der Waals surface area (Å²) in [6.45, 7) is -0.965. The lowest BCUT2D eigenvalue weighted by Gasteiger charge is -2.18. The first-order valence-corrected chi connectivity index (χ1v) is 6.95. The van der Waals surface area contributed by atoms with Gasteiger partial charge in [0.1, 0.15) is 11.4 Å². The molecule has 0 bridgehead atoms. The van der Waals surface area contributed by atoms with Gasteiger partial charge in [-0.1, -0.05) is 0 Å². The molecule has 0 amide bonds. The molecule has 0 saturated carbocycles. The SMILES string of the molecule is COP(=S)(OC)Oc1ccc(N=O)c(C)c1. The summed E-state index contributed by atoms with van der Waals surface area (Å²) < 4.78 is 15.4. The molecule has 1 aromatic carbocycles. The van der Waals surface area contributed by atoms with Gasteiger partial charge in [0.25, 0.3) is 0 Å². The van der Waals surface area contributed by atoms with Gasteiger partial charge in [0.2, 0.25) is 0 Å². The number of rotatable bonds is 5. The zero-order valence-corrected chi connectivity index (χ0v) is 10.9. The van der Waals surface area contributed by atoms with E-state index >= 15 is 0 Å². The molecule has 0 aliphatic heterocycles. The minimum absolute atomic E-state index is 0.371.